The minimum absolute atomic E-state index is 0.162. The molecular weight excluding hydrogens is 436 g/mol. The number of fused-ring (bicyclic) bond motifs is 1. The Bertz CT molecular complexity index is 1250. The van der Waals surface area contributed by atoms with Crippen LogP contribution in [-0.2, 0) is 19.6 Å². The minimum atomic E-state index is -3.81. The van der Waals surface area contributed by atoms with Crippen LogP contribution >= 0.6 is 11.3 Å². The maximum absolute atomic E-state index is 13.1. The Morgan fingerprint density at radius 3 is 2.55 bits per heavy atom. The highest BCUT2D eigenvalue weighted by Gasteiger charge is 2.40. The molecule has 0 saturated carbocycles. The Labute approximate surface area is 184 Å². The molecule has 1 fully saturated rings. The molecule has 31 heavy (non-hydrogen) atoms. The molecule has 7 nitrogen and oxygen atoms in total. The Kier molecular flexibility index (Phi) is 5.83. The molecule has 1 aliphatic rings. The summed E-state index contributed by atoms with van der Waals surface area (Å²) in [6.45, 7) is 2.15. The third-order valence-electron chi connectivity index (χ3n) is 5.36. The van der Waals surface area contributed by atoms with Gasteiger partial charge in [-0.25, -0.2) is 13.2 Å². The molecule has 0 aliphatic carbocycles. The van der Waals surface area contributed by atoms with Crippen LogP contribution in [0.5, 0.6) is 0 Å². The quantitative estimate of drug-likeness (QED) is 0.587. The van der Waals surface area contributed by atoms with Crippen molar-refractivity contribution in [1.82, 2.24) is 4.31 Å². The second kappa shape index (κ2) is 8.41. The number of carbonyl (C=O) groups is 2. The lowest BCUT2D eigenvalue weighted by Gasteiger charge is -2.23. The van der Waals surface area contributed by atoms with Crippen molar-refractivity contribution in [2.75, 3.05) is 19.0 Å². The summed E-state index contributed by atoms with van der Waals surface area (Å²) < 4.78 is 33.3. The van der Waals surface area contributed by atoms with Crippen LogP contribution in [0.25, 0.3) is 10.1 Å². The van der Waals surface area contributed by atoms with Crippen LogP contribution in [0.15, 0.2) is 53.4 Å². The van der Waals surface area contributed by atoms with E-state index in [1.165, 1.54) is 22.8 Å². The zero-order valence-electron chi connectivity index (χ0n) is 17.1. The summed E-state index contributed by atoms with van der Waals surface area (Å²) in [5.41, 5.74) is 1.23. The Morgan fingerprint density at radius 2 is 1.84 bits per heavy atom. The maximum atomic E-state index is 13.1. The summed E-state index contributed by atoms with van der Waals surface area (Å²) in [4.78, 5) is 25.7. The largest absolute Gasteiger partial charge is 0.465 e. The number of anilines is 1. The van der Waals surface area contributed by atoms with E-state index in [-0.39, 0.29) is 17.0 Å². The summed E-state index contributed by atoms with van der Waals surface area (Å²) >= 11 is 1.26. The number of nitrogens with one attached hydrogen (secondary N) is 1. The molecule has 2 aromatic carbocycles. The third kappa shape index (κ3) is 3.96. The summed E-state index contributed by atoms with van der Waals surface area (Å²) in [5.74, 6) is -1.01. The SMILES string of the molecule is COC(=O)c1c(NC(=O)C2CCCN2S(=O)(=O)c2ccc(C)cc2)sc2ccccc12. The van der Waals surface area contributed by atoms with Gasteiger partial charge in [0.15, 0.2) is 0 Å². The second-order valence-electron chi connectivity index (χ2n) is 7.37. The maximum Gasteiger partial charge on any atom is 0.341 e. The van der Waals surface area contributed by atoms with Gasteiger partial charge >= 0.3 is 5.97 Å². The lowest BCUT2D eigenvalue weighted by molar-refractivity contribution is -0.119. The highest BCUT2D eigenvalue weighted by molar-refractivity contribution is 7.89. The molecule has 2 heterocycles. The summed E-state index contributed by atoms with van der Waals surface area (Å²) in [7, 11) is -2.53. The zero-order chi connectivity index (χ0) is 22.2. The Morgan fingerprint density at radius 1 is 1.13 bits per heavy atom. The smallest absolute Gasteiger partial charge is 0.341 e. The number of methoxy groups -OCH3 is 1. The van der Waals surface area contributed by atoms with E-state index < -0.39 is 27.9 Å². The molecule has 1 atom stereocenters. The lowest BCUT2D eigenvalue weighted by Crippen LogP contribution is -2.43. The van der Waals surface area contributed by atoms with Gasteiger partial charge in [0.05, 0.1) is 12.0 Å². The van der Waals surface area contributed by atoms with Gasteiger partial charge in [-0.3, -0.25) is 4.79 Å². The van der Waals surface area contributed by atoms with E-state index in [0.29, 0.717) is 23.2 Å². The van der Waals surface area contributed by atoms with Gasteiger partial charge in [-0.1, -0.05) is 35.9 Å². The van der Waals surface area contributed by atoms with Crippen molar-refractivity contribution >= 4 is 48.3 Å². The number of nitrogens with zero attached hydrogens (tertiary/aromatic N) is 1. The Hall–Kier alpha value is -2.75. The van der Waals surface area contributed by atoms with Crippen LogP contribution in [0.4, 0.5) is 5.00 Å². The number of thiophene rings is 1. The van der Waals surface area contributed by atoms with E-state index in [9.17, 15) is 18.0 Å². The van der Waals surface area contributed by atoms with Gasteiger partial charge in [0.1, 0.15) is 16.6 Å². The number of ether oxygens (including phenoxy) is 1. The predicted octanol–water partition coefficient (Wildman–Crippen LogP) is 3.79. The first kappa shape index (κ1) is 21.5. The summed E-state index contributed by atoms with van der Waals surface area (Å²) in [5, 5.41) is 3.84. The molecule has 1 N–H and O–H groups in total. The number of sulfonamides is 1. The molecule has 9 heteroatoms. The molecule has 162 valence electrons. The monoisotopic (exact) mass is 458 g/mol. The van der Waals surface area contributed by atoms with Crippen LogP contribution in [0.2, 0.25) is 0 Å². The third-order valence-corrected chi connectivity index (χ3v) is 8.36. The van der Waals surface area contributed by atoms with Crippen LogP contribution in [0.3, 0.4) is 0 Å². The first-order valence-corrected chi connectivity index (χ1v) is 12.1. The first-order valence-electron chi connectivity index (χ1n) is 9.82. The number of carbonyl (C=O) groups excluding carboxylic acids is 2. The van der Waals surface area contributed by atoms with Gasteiger partial charge in [0.2, 0.25) is 15.9 Å². The van der Waals surface area contributed by atoms with Crippen molar-refractivity contribution < 1.29 is 22.7 Å². The van der Waals surface area contributed by atoms with Crippen molar-refractivity contribution in [3.63, 3.8) is 0 Å². The normalized spacial score (nSPS) is 17.0. The van der Waals surface area contributed by atoms with Crippen LogP contribution < -0.4 is 5.32 Å². The molecule has 0 radical (unpaired) electrons. The van der Waals surface area contributed by atoms with Gasteiger partial charge in [-0.2, -0.15) is 4.31 Å². The zero-order valence-corrected chi connectivity index (χ0v) is 18.8. The minimum Gasteiger partial charge on any atom is -0.465 e. The van der Waals surface area contributed by atoms with Crippen molar-refractivity contribution in [3.8, 4) is 0 Å². The summed E-state index contributed by atoms with van der Waals surface area (Å²) in [6, 6.07) is 13.0. The number of amides is 1. The number of rotatable bonds is 5. The molecule has 1 saturated heterocycles. The molecule has 1 amide bonds. The Balaban J connectivity index is 1.64. The fourth-order valence-corrected chi connectivity index (χ4v) is 6.52. The van der Waals surface area contributed by atoms with E-state index in [2.05, 4.69) is 5.32 Å². The standard InChI is InChI=1S/C22H22N2O5S2/c1-14-9-11-15(12-10-14)31(27,28)24-13-5-7-17(24)20(25)23-21-19(22(26)29-2)16-6-3-4-8-18(16)30-21/h3-4,6,8-12,17H,5,7,13H2,1-2H3,(H,23,25). The van der Waals surface area contributed by atoms with Gasteiger partial charge in [-0.05, 0) is 38.0 Å². The van der Waals surface area contributed by atoms with Gasteiger partial charge in [0.25, 0.3) is 0 Å². The molecule has 4 rings (SSSR count). The number of hydrogen-bond acceptors (Lipinski definition) is 6. The number of hydrogen-bond donors (Lipinski definition) is 1. The number of benzene rings is 2. The van der Waals surface area contributed by atoms with Gasteiger partial charge in [-0.15, -0.1) is 11.3 Å². The fourth-order valence-electron chi connectivity index (χ4n) is 3.77. The number of aryl methyl sites for hydroxylation is 1. The van der Waals surface area contributed by atoms with Crippen LogP contribution in [-0.4, -0.2) is 44.3 Å². The van der Waals surface area contributed by atoms with Gasteiger partial charge < -0.3 is 10.1 Å². The van der Waals surface area contributed by atoms with E-state index in [0.717, 1.165) is 10.3 Å². The van der Waals surface area contributed by atoms with Crippen molar-refractivity contribution in [3.05, 3.63) is 59.7 Å². The molecule has 0 spiro atoms. The van der Waals surface area contributed by atoms with E-state index in [1.807, 2.05) is 19.1 Å². The van der Waals surface area contributed by atoms with Crippen molar-refractivity contribution in [2.24, 2.45) is 0 Å². The molecule has 1 aliphatic heterocycles. The first-order chi connectivity index (χ1) is 14.8. The van der Waals surface area contributed by atoms with E-state index in [4.69, 9.17) is 4.74 Å². The highest BCUT2D eigenvalue weighted by atomic mass is 32.2. The van der Waals surface area contributed by atoms with Crippen molar-refractivity contribution in [1.29, 1.82) is 0 Å². The van der Waals surface area contributed by atoms with Crippen molar-refractivity contribution in [2.45, 2.75) is 30.7 Å². The average molecular weight is 459 g/mol. The van der Waals surface area contributed by atoms with E-state index in [1.54, 1.807) is 36.4 Å². The predicted molar refractivity (Wildman–Crippen MR) is 120 cm³/mol. The average Bonchev–Trinajstić information content (AvgIpc) is 3.39. The topological polar surface area (TPSA) is 92.8 Å². The molecule has 1 unspecified atom stereocenters. The van der Waals surface area contributed by atoms with Gasteiger partial charge in [0, 0.05) is 16.6 Å². The molecule has 3 aromatic rings. The molecule has 1 aromatic heterocycles. The van der Waals surface area contributed by atoms with Crippen LogP contribution in [0.1, 0.15) is 28.8 Å². The lowest BCUT2D eigenvalue weighted by atomic mass is 10.1. The molecular formula is C22H22N2O5S2. The molecule has 0 bridgehead atoms. The second-order valence-corrected chi connectivity index (χ2v) is 10.3. The highest BCUT2D eigenvalue weighted by Crippen LogP contribution is 2.37. The fraction of sp³-hybridized carbons (Fsp3) is 0.273. The van der Waals surface area contributed by atoms with Crippen LogP contribution in [0, 0.1) is 6.92 Å². The number of esters is 1. The summed E-state index contributed by atoms with van der Waals surface area (Å²) in [6.07, 6.45) is 0.995. The van der Waals surface area contributed by atoms with E-state index >= 15 is 0 Å².